The van der Waals surface area contributed by atoms with Crippen molar-refractivity contribution in [3.63, 3.8) is 0 Å². The maximum absolute atomic E-state index is 14.4. The van der Waals surface area contributed by atoms with Gasteiger partial charge in [0, 0.05) is 56.6 Å². The number of aliphatic hydroxyl groups excluding tert-OH is 1. The number of ether oxygens (including phenoxy) is 2. The van der Waals surface area contributed by atoms with Crippen LogP contribution in [-0.4, -0.2) is 94.3 Å². The first-order valence-electron chi connectivity index (χ1n) is 17.2. The van der Waals surface area contributed by atoms with Crippen molar-refractivity contribution in [1.82, 2.24) is 21.0 Å². The number of para-hydroxylation sites is 1. The van der Waals surface area contributed by atoms with Crippen LogP contribution in [0.3, 0.4) is 0 Å². The van der Waals surface area contributed by atoms with Crippen molar-refractivity contribution in [1.29, 1.82) is 0 Å². The molecule has 4 N–H and O–H groups in total. The maximum atomic E-state index is 14.4. The normalized spacial score (nSPS) is 27.8. The molecule has 8 atom stereocenters. The van der Waals surface area contributed by atoms with Crippen LogP contribution < -0.4 is 25.6 Å². The second-order valence-corrected chi connectivity index (χ2v) is 14.6. The van der Waals surface area contributed by atoms with Crippen LogP contribution >= 0.6 is 0 Å². The number of methoxy groups -OCH3 is 1. The van der Waals surface area contributed by atoms with Gasteiger partial charge in [0.2, 0.25) is 5.91 Å². The number of hydrogen-bond donors (Lipinski definition) is 4. The number of amides is 3. The standard InChI is InChI=1S/C37H53N5O7/c1-20-28-16-25(37(28,3)4)17-29(20)40-35(45)32-31(21(2)48-36(46)39-6)30(19-43)49-42(32)18-22-11-10-12-27(33(22)47-9)23-13-24(34(44)38-5)15-26(14-23)41(7)8/h10-15,20-21,25,28-32,43H,16-19H2,1-9H3,(H,38,44)(H,39,46)(H,40,45)/t20-,21-,25+,28-,29-,30-,31?,32-/m0/s1. The lowest BCUT2D eigenvalue weighted by molar-refractivity contribution is -0.183. The van der Waals surface area contributed by atoms with Crippen LogP contribution in [0.2, 0.25) is 0 Å². The highest BCUT2D eigenvalue weighted by Gasteiger charge is 2.57. The van der Waals surface area contributed by atoms with Crippen molar-refractivity contribution in [2.45, 2.75) is 71.4 Å². The average Bonchev–Trinajstić information content (AvgIpc) is 3.46. The number of nitrogens with zero attached hydrogens (tertiary/aromatic N) is 2. The molecule has 3 amide bonds. The van der Waals surface area contributed by atoms with E-state index >= 15 is 0 Å². The lowest BCUT2D eigenvalue weighted by Gasteiger charge is -2.62. The Morgan fingerprint density at radius 3 is 2.45 bits per heavy atom. The second kappa shape index (κ2) is 14.5. The van der Waals surface area contributed by atoms with Gasteiger partial charge in [0.25, 0.3) is 5.91 Å². The molecule has 4 aliphatic rings. The Kier molecular flexibility index (Phi) is 10.8. The zero-order valence-corrected chi connectivity index (χ0v) is 30.2. The maximum Gasteiger partial charge on any atom is 0.407 e. The van der Waals surface area contributed by atoms with Gasteiger partial charge in [0.15, 0.2) is 0 Å². The quantitative estimate of drug-likeness (QED) is 0.279. The lowest BCUT2D eigenvalue weighted by Crippen LogP contribution is -2.62. The number of hydrogen-bond acceptors (Lipinski definition) is 9. The van der Waals surface area contributed by atoms with E-state index in [1.807, 2.05) is 55.4 Å². The first-order valence-corrected chi connectivity index (χ1v) is 17.2. The Morgan fingerprint density at radius 2 is 1.86 bits per heavy atom. The first-order chi connectivity index (χ1) is 23.2. The smallest absolute Gasteiger partial charge is 0.407 e. The third kappa shape index (κ3) is 6.95. The van der Waals surface area contributed by atoms with Gasteiger partial charge in [-0.1, -0.05) is 39.0 Å². The molecule has 0 radical (unpaired) electrons. The lowest BCUT2D eigenvalue weighted by atomic mass is 9.45. The van der Waals surface area contributed by atoms with Crippen molar-refractivity contribution in [3.8, 4) is 16.9 Å². The summed E-state index contributed by atoms with van der Waals surface area (Å²) in [4.78, 5) is 47.7. The van der Waals surface area contributed by atoms with E-state index in [-0.39, 0.29) is 36.4 Å². The van der Waals surface area contributed by atoms with Gasteiger partial charge in [-0.3, -0.25) is 14.4 Å². The molecule has 0 spiro atoms. The number of hydroxylamine groups is 2. The highest BCUT2D eigenvalue weighted by atomic mass is 16.7. The zero-order chi connectivity index (χ0) is 35.8. The highest BCUT2D eigenvalue weighted by molar-refractivity contribution is 5.97. The van der Waals surface area contributed by atoms with E-state index in [1.54, 1.807) is 26.1 Å². The van der Waals surface area contributed by atoms with E-state index in [1.165, 1.54) is 13.5 Å². The molecule has 2 bridgehead atoms. The molecule has 49 heavy (non-hydrogen) atoms. The van der Waals surface area contributed by atoms with Crippen LogP contribution in [0.1, 0.15) is 56.5 Å². The van der Waals surface area contributed by atoms with Crippen molar-refractivity contribution < 1.29 is 33.8 Å². The fourth-order valence-electron chi connectivity index (χ4n) is 8.42. The fraction of sp³-hybridized carbons (Fsp3) is 0.595. The van der Waals surface area contributed by atoms with Gasteiger partial charge in [-0.05, 0) is 66.7 Å². The Balaban J connectivity index is 1.50. The molecule has 1 saturated heterocycles. The SMILES string of the molecule is CNC(=O)O[C@@H](C)C1[C@H](CO)ON(Cc2cccc(-c3cc(C(=O)NC)cc(N(C)C)c3)c2OC)[C@@H]1C(=O)N[C@H]1C[C@H]2C[C@@H]([C@@H]1C)C2(C)C. The fourth-order valence-corrected chi connectivity index (χ4v) is 8.42. The van der Waals surface area contributed by atoms with Crippen LogP contribution in [0.4, 0.5) is 10.5 Å². The van der Waals surface area contributed by atoms with Crippen LogP contribution in [0, 0.1) is 29.1 Å². The number of nitrogens with one attached hydrogen (secondary N) is 3. The summed E-state index contributed by atoms with van der Waals surface area (Å²) < 4.78 is 11.6. The minimum absolute atomic E-state index is 0.00599. The number of anilines is 1. The molecule has 1 aliphatic heterocycles. The van der Waals surface area contributed by atoms with Crippen molar-refractivity contribution in [3.05, 3.63) is 47.5 Å². The number of fused-ring (bicyclic) bond motifs is 2. The van der Waals surface area contributed by atoms with Crippen molar-refractivity contribution >= 4 is 23.6 Å². The van der Waals surface area contributed by atoms with E-state index in [9.17, 15) is 19.5 Å². The van der Waals surface area contributed by atoms with Gasteiger partial charge < -0.3 is 35.4 Å². The summed E-state index contributed by atoms with van der Waals surface area (Å²) in [6.45, 7) is 8.36. The van der Waals surface area contributed by atoms with Gasteiger partial charge in [0.1, 0.15) is 24.0 Å². The van der Waals surface area contributed by atoms with E-state index in [0.717, 1.165) is 28.8 Å². The molecular formula is C37H53N5O7. The van der Waals surface area contributed by atoms with Crippen LogP contribution in [0.15, 0.2) is 36.4 Å². The second-order valence-electron chi connectivity index (χ2n) is 14.6. The molecule has 2 aromatic carbocycles. The number of benzene rings is 2. The summed E-state index contributed by atoms with van der Waals surface area (Å²) in [6, 6.07) is 10.5. The number of rotatable bonds is 11. The number of alkyl carbamates (subject to hydrolysis) is 1. The van der Waals surface area contributed by atoms with E-state index in [4.69, 9.17) is 14.3 Å². The minimum Gasteiger partial charge on any atom is -0.496 e. The van der Waals surface area contributed by atoms with Crippen LogP contribution in [0.25, 0.3) is 11.1 Å². The number of carbonyl (C=O) groups is 3. The predicted molar refractivity (Wildman–Crippen MR) is 187 cm³/mol. The Hall–Kier alpha value is -3.87. The third-order valence-corrected chi connectivity index (χ3v) is 11.4. The van der Waals surface area contributed by atoms with Crippen molar-refractivity contribution in [2.24, 2.45) is 29.1 Å². The highest BCUT2D eigenvalue weighted by Crippen LogP contribution is 2.61. The molecule has 3 saturated carbocycles. The van der Waals surface area contributed by atoms with Gasteiger partial charge in [-0.25, -0.2) is 4.79 Å². The van der Waals surface area contributed by atoms with E-state index in [0.29, 0.717) is 29.1 Å². The predicted octanol–water partition coefficient (Wildman–Crippen LogP) is 3.81. The van der Waals surface area contributed by atoms with Crippen LogP contribution in [0.5, 0.6) is 5.75 Å². The molecule has 268 valence electrons. The topological polar surface area (TPSA) is 142 Å². The first kappa shape index (κ1) is 36.4. The summed E-state index contributed by atoms with van der Waals surface area (Å²) in [6.07, 6.45) is -0.0894. The van der Waals surface area contributed by atoms with Gasteiger partial charge in [0.05, 0.1) is 26.2 Å². The third-order valence-electron chi connectivity index (χ3n) is 11.4. The molecule has 6 rings (SSSR count). The summed E-state index contributed by atoms with van der Waals surface area (Å²) in [5, 5.41) is 20.6. The Morgan fingerprint density at radius 1 is 1.12 bits per heavy atom. The molecular weight excluding hydrogens is 626 g/mol. The summed E-state index contributed by atoms with van der Waals surface area (Å²) in [7, 11) is 8.49. The summed E-state index contributed by atoms with van der Waals surface area (Å²) in [5.74, 6) is 0.856. The van der Waals surface area contributed by atoms with E-state index in [2.05, 4.69) is 36.7 Å². The molecule has 2 aromatic rings. The summed E-state index contributed by atoms with van der Waals surface area (Å²) >= 11 is 0. The zero-order valence-electron chi connectivity index (χ0n) is 30.2. The van der Waals surface area contributed by atoms with E-state index < -0.39 is 30.3 Å². The molecule has 1 heterocycles. The van der Waals surface area contributed by atoms with Gasteiger partial charge in [-0.2, -0.15) is 5.06 Å². The van der Waals surface area contributed by atoms with Crippen molar-refractivity contribution in [2.75, 3.05) is 46.8 Å². The molecule has 4 fully saturated rings. The van der Waals surface area contributed by atoms with Gasteiger partial charge >= 0.3 is 6.09 Å². The largest absolute Gasteiger partial charge is 0.496 e. The number of aliphatic hydroxyl groups is 1. The minimum atomic E-state index is -0.874. The monoisotopic (exact) mass is 679 g/mol. The molecule has 12 heteroatoms. The average molecular weight is 680 g/mol. The molecule has 3 aliphatic carbocycles. The molecule has 0 aromatic heterocycles. The number of carbonyl (C=O) groups excluding carboxylic acids is 3. The van der Waals surface area contributed by atoms with Gasteiger partial charge in [-0.15, -0.1) is 0 Å². The molecule has 12 nitrogen and oxygen atoms in total. The Labute approximate surface area is 289 Å². The molecule has 1 unspecified atom stereocenters. The van der Waals surface area contributed by atoms with Crippen LogP contribution in [-0.2, 0) is 20.9 Å². The summed E-state index contributed by atoms with van der Waals surface area (Å²) in [5.41, 5.74) is 3.90. The Bertz CT molecular complexity index is 1550.